The third kappa shape index (κ3) is 4.41. The van der Waals surface area contributed by atoms with Gasteiger partial charge < -0.3 is 5.73 Å². The van der Waals surface area contributed by atoms with Gasteiger partial charge in [-0.3, -0.25) is 0 Å². The van der Waals surface area contributed by atoms with E-state index in [9.17, 15) is 0 Å². The SMILES string of the molecule is CCC(CC(C)CN)C(C)C. The minimum Gasteiger partial charge on any atom is -0.330 e. The molecule has 0 spiro atoms. The molecule has 0 aromatic rings. The van der Waals surface area contributed by atoms with Gasteiger partial charge in [-0.1, -0.05) is 34.1 Å². The van der Waals surface area contributed by atoms with Gasteiger partial charge in [0.15, 0.2) is 0 Å². The van der Waals surface area contributed by atoms with E-state index in [1.165, 1.54) is 12.8 Å². The molecular formula is C10H23N. The molecule has 0 aliphatic heterocycles. The Kier molecular flexibility index (Phi) is 5.57. The van der Waals surface area contributed by atoms with Gasteiger partial charge in [-0.15, -0.1) is 0 Å². The molecule has 0 fully saturated rings. The second kappa shape index (κ2) is 5.59. The van der Waals surface area contributed by atoms with Crippen molar-refractivity contribution in [1.82, 2.24) is 0 Å². The zero-order valence-electron chi connectivity index (χ0n) is 8.43. The van der Waals surface area contributed by atoms with Crippen molar-refractivity contribution in [3.05, 3.63) is 0 Å². The average Bonchev–Trinajstić information content (AvgIpc) is 1.99. The summed E-state index contributed by atoms with van der Waals surface area (Å²) in [5, 5.41) is 0. The standard InChI is InChI=1S/C10H23N/c1-5-10(8(2)3)6-9(4)7-11/h8-10H,5-7,11H2,1-4H3. The first-order valence-corrected chi connectivity index (χ1v) is 4.81. The highest BCUT2D eigenvalue weighted by atomic mass is 14.5. The summed E-state index contributed by atoms with van der Waals surface area (Å²) >= 11 is 0. The van der Waals surface area contributed by atoms with Crippen LogP contribution in [0, 0.1) is 17.8 Å². The van der Waals surface area contributed by atoms with Gasteiger partial charge in [0.25, 0.3) is 0 Å². The van der Waals surface area contributed by atoms with E-state index in [0.29, 0.717) is 5.92 Å². The molecule has 2 unspecified atom stereocenters. The van der Waals surface area contributed by atoms with Crippen LogP contribution in [-0.2, 0) is 0 Å². The Hall–Kier alpha value is -0.0400. The first-order chi connectivity index (χ1) is 5.11. The van der Waals surface area contributed by atoms with Gasteiger partial charge >= 0.3 is 0 Å². The second-order valence-electron chi connectivity index (χ2n) is 3.99. The lowest BCUT2D eigenvalue weighted by molar-refractivity contribution is 0.301. The van der Waals surface area contributed by atoms with Gasteiger partial charge in [-0.2, -0.15) is 0 Å². The third-order valence-corrected chi connectivity index (χ3v) is 2.57. The van der Waals surface area contributed by atoms with Crippen LogP contribution < -0.4 is 5.73 Å². The van der Waals surface area contributed by atoms with Crippen molar-refractivity contribution in [2.75, 3.05) is 6.54 Å². The van der Waals surface area contributed by atoms with Crippen LogP contribution in [0.25, 0.3) is 0 Å². The van der Waals surface area contributed by atoms with Gasteiger partial charge in [0, 0.05) is 0 Å². The first-order valence-electron chi connectivity index (χ1n) is 4.81. The van der Waals surface area contributed by atoms with Crippen LogP contribution in [0.1, 0.15) is 40.5 Å². The molecule has 1 nitrogen and oxygen atoms in total. The van der Waals surface area contributed by atoms with Crippen LogP contribution in [0.5, 0.6) is 0 Å². The molecule has 0 rings (SSSR count). The van der Waals surface area contributed by atoms with E-state index < -0.39 is 0 Å². The summed E-state index contributed by atoms with van der Waals surface area (Å²) in [5.41, 5.74) is 5.58. The predicted octanol–water partition coefficient (Wildman–Crippen LogP) is 2.65. The molecule has 0 aromatic heterocycles. The van der Waals surface area contributed by atoms with Crippen molar-refractivity contribution >= 4 is 0 Å². The summed E-state index contributed by atoms with van der Waals surface area (Å²) < 4.78 is 0. The second-order valence-corrected chi connectivity index (χ2v) is 3.99. The van der Waals surface area contributed by atoms with Crippen molar-refractivity contribution in [2.45, 2.75) is 40.5 Å². The maximum absolute atomic E-state index is 5.58. The lowest BCUT2D eigenvalue weighted by atomic mass is 9.85. The van der Waals surface area contributed by atoms with Gasteiger partial charge in [-0.05, 0) is 30.7 Å². The van der Waals surface area contributed by atoms with Crippen LogP contribution >= 0.6 is 0 Å². The highest BCUT2D eigenvalue weighted by Crippen LogP contribution is 2.22. The summed E-state index contributed by atoms with van der Waals surface area (Å²) in [7, 11) is 0. The molecule has 0 amide bonds. The monoisotopic (exact) mass is 157 g/mol. The maximum atomic E-state index is 5.58. The average molecular weight is 157 g/mol. The molecule has 0 heterocycles. The number of hydrogen-bond acceptors (Lipinski definition) is 1. The summed E-state index contributed by atoms with van der Waals surface area (Å²) in [6.07, 6.45) is 2.59. The third-order valence-electron chi connectivity index (χ3n) is 2.57. The Morgan fingerprint density at radius 3 is 2.00 bits per heavy atom. The fourth-order valence-corrected chi connectivity index (χ4v) is 1.52. The molecular weight excluding hydrogens is 134 g/mol. The predicted molar refractivity (Wildman–Crippen MR) is 51.5 cm³/mol. The molecule has 2 atom stereocenters. The Balaban J connectivity index is 3.68. The molecule has 0 aromatic carbocycles. The molecule has 0 aliphatic rings. The van der Waals surface area contributed by atoms with Crippen LogP contribution in [0.4, 0.5) is 0 Å². The Morgan fingerprint density at radius 1 is 1.18 bits per heavy atom. The fourth-order valence-electron chi connectivity index (χ4n) is 1.52. The first kappa shape index (κ1) is 11.0. The lowest BCUT2D eigenvalue weighted by Gasteiger charge is -2.21. The molecule has 0 radical (unpaired) electrons. The van der Waals surface area contributed by atoms with Crippen molar-refractivity contribution < 1.29 is 0 Å². The Morgan fingerprint density at radius 2 is 1.73 bits per heavy atom. The highest BCUT2D eigenvalue weighted by Gasteiger charge is 2.13. The quantitative estimate of drug-likeness (QED) is 0.652. The van der Waals surface area contributed by atoms with Crippen molar-refractivity contribution in [3.8, 4) is 0 Å². The zero-order valence-corrected chi connectivity index (χ0v) is 8.43. The molecule has 2 N–H and O–H groups in total. The Labute approximate surface area is 71.4 Å². The summed E-state index contributed by atoms with van der Waals surface area (Å²) in [5.74, 6) is 2.38. The molecule has 0 bridgehead atoms. The molecule has 1 heteroatoms. The Bertz CT molecular complexity index is 88.9. The van der Waals surface area contributed by atoms with Gasteiger partial charge in [0.05, 0.1) is 0 Å². The van der Waals surface area contributed by atoms with Gasteiger partial charge in [0.2, 0.25) is 0 Å². The van der Waals surface area contributed by atoms with Crippen LogP contribution in [-0.4, -0.2) is 6.54 Å². The molecule has 0 aliphatic carbocycles. The summed E-state index contributed by atoms with van der Waals surface area (Å²) in [4.78, 5) is 0. The smallest absolute Gasteiger partial charge is 0.00514 e. The van der Waals surface area contributed by atoms with Crippen molar-refractivity contribution in [3.63, 3.8) is 0 Å². The lowest BCUT2D eigenvalue weighted by Crippen LogP contribution is -2.17. The summed E-state index contributed by atoms with van der Waals surface area (Å²) in [6.45, 7) is 9.96. The topological polar surface area (TPSA) is 26.0 Å². The van der Waals surface area contributed by atoms with Crippen molar-refractivity contribution in [2.24, 2.45) is 23.5 Å². The van der Waals surface area contributed by atoms with E-state index in [0.717, 1.165) is 18.4 Å². The number of nitrogens with two attached hydrogens (primary N) is 1. The van der Waals surface area contributed by atoms with Gasteiger partial charge in [0.1, 0.15) is 0 Å². The van der Waals surface area contributed by atoms with E-state index in [4.69, 9.17) is 5.73 Å². The maximum Gasteiger partial charge on any atom is -0.00514 e. The number of rotatable bonds is 5. The number of hydrogen-bond donors (Lipinski definition) is 1. The van der Waals surface area contributed by atoms with Gasteiger partial charge in [-0.25, -0.2) is 0 Å². The normalized spacial score (nSPS) is 16.9. The zero-order chi connectivity index (χ0) is 8.85. The van der Waals surface area contributed by atoms with E-state index in [-0.39, 0.29) is 0 Å². The minimum absolute atomic E-state index is 0.697. The molecule has 0 saturated carbocycles. The van der Waals surface area contributed by atoms with E-state index in [1.54, 1.807) is 0 Å². The molecule has 68 valence electrons. The van der Waals surface area contributed by atoms with Crippen LogP contribution in [0.15, 0.2) is 0 Å². The van der Waals surface area contributed by atoms with Crippen LogP contribution in [0.3, 0.4) is 0 Å². The van der Waals surface area contributed by atoms with E-state index >= 15 is 0 Å². The molecule has 11 heavy (non-hydrogen) atoms. The fraction of sp³-hybridized carbons (Fsp3) is 1.00. The highest BCUT2D eigenvalue weighted by molar-refractivity contribution is 4.65. The largest absolute Gasteiger partial charge is 0.330 e. The van der Waals surface area contributed by atoms with E-state index in [1.807, 2.05) is 0 Å². The van der Waals surface area contributed by atoms with Crippen LogP contribution in [0.2, 0.25) is 0 Å². The molecule has 0 saturated heterocycles. The van der Waals surface area contributed by atoms with Crippen molar-refractivity contribution in [1.29, 1.82) is 0 Å². The summed E-state index contributed by atoms with van der Waals surface area (Å²) in [6, 6.07) is 0. The van der Waals surface area contributed by atoms with E-state index in [2.05, 4.69) is 27.7 Å². The minimum atomic E-state index is 0.697.